The molecule has 11 heavy (non-hydrogen) atoms. The summed E-state index contributed by atoms with van der Waals surface area (Å²) >= 11 is 5.73. The maximum Gasteiger partial charge on any atom is 0.297 e. The second kappa shape index (κ2) is 3.37. The van der Waals surface area contributed by atoms with E-state index in [1.807, 2.05) is 0 Å². The van der Waals surface area contributed by atoms with E-state index in [4.69, 9.17) is 21.9 Å². The fraction of sp³-hybridized carbons (Fsp3) is 0.286. The minimum Gasteiger partial charge on any atom is -0.496 e. The summed E-state index contributed by atoms with van der Waals surface area (Å²) < 4.78 is 4.92. The van der Waals surface area contributed by atoms with Crippen LogP contribution in [0.1, 0.15) is 6.42 Å². The van der Waals surface area contributed by atoms with E-state index < -0.39 is 0 Å². The molecule has 0 unspecified atom stereocenters. The Labute approximate surface area is 69.5 Å². The Morgan fingerprint density at radius 3 is 2.91 bits per heavy atom. The first-order chi connectivity index (χ1) is 5.27. The van der Waals surface area contributed by atoms with Crippen LogP contribution in [0.15, 0.2) is 22.9 Å². The topological polar surface area (TPSA) is 45.6 Å². The molecule has 1 aliphatic rings. The van der Waals surface area contributed by atoms with Crippen LogP contribution in [0.2, 0.25) is 0 Å². The summed E-state index contributed by atoms with van der Waals surface area (Å²) in [5.74, 6) is 0.624. The highest BCUT2D eigenvalue weighted by atomic mass is 35.5. The van der Waals surface area contributed by atoms with E-state index in [0.717, 1.165) is 0 Å². The van der Waals surface area contributed by atoms with E-state index in [1.165, 1.54) is 0 Å². The quantitative estimate of drug-likeness (QED) is 0.437. The van der Waals surface area contributed by atoms with Gasteiger partial charge in [-0.1, -0.05) is 11.6 Å². The van der Waals surface area contributed by atoms with Crippen LogP contribution in [-0.2, 0) is 4.74 Å². The first kappa shape index (κ1) is 8.05. The minimum absolute atomic E-state index is 0.464. The highest BCUT2D eigenvalue weighted by Crippen LogP contribution is 2.20. The molecule has 0 aliphatic heterocycles. The lowest BCUT2D eigenvalue weighted by molar-refractivity contribution is -0.00556. The van der Waals surface area contributed by atoms with Gasteiger partial charge in [-0.05, 0) is 6.08 Å². The Balaban J connectivity index is 2.90. The van der Waals surface area contributed by atoms with Crippen LogP contribution in [0.4, 0.5) is 0 Å². The van der Waals surface area contributed by atoms with Crippen LogP contribution in [0, 0.1) is 0 Å². The minimum atomic E-state index is 0.464. The zero-order valence-corrected chi connectivity index (χ0v) is 6.80. The van der Waals surface area contributed by atoms with E-state index in [0.29, 0.717) is 22.9 Å². The highest BCUT2D eigenvalue weighted by molar-refractivity contribution is 6.33. The molecule has 0 aromatic heterocycles. The SMILES string of the molecule is COC1=CCC(=[N+]=[N-])C=C1Cl. The molecule has 0 radical (unpaired) electrons. The van der Waals surface area contributed by atoms with Gasteiger partial charge in [-0.2, -0.15) is 4.79 Å². The van der Waals surface area contributed by atoms with Crippen molar-refractivity contribution in [2.45, 2.75) is 6.42 Å². The lowest BCUT2D eigenvalue weighted by atomic mass is 10.1. The molecule has 0 N–H and O–H groups in total. The standard InChI is InChI=1S/C7H7ClN2O/c1-11-7-3-2-5(10-9)4-6(7)8/h3-4H,2H2,1H3. The Morgan fingerprint density at radius 1 is 1.73 bits per heavy atom. The zero-order chi connectivity index (χ0) is 8.27. The molecule has 0 heterocycles. The smallest absolute Gasteiger partial charge is 0.297 e. The number of nitrogens with zero attached hydrogens (tertiary/aromatic N) is 2. The van der Waals surface area contributed by atoms with Gasteiger partial charge in [0.25, 0.3) is 5.71 Å². The fourth-order valence-electron chi connectivity index (χ4n) is 0.822. The summed E-state index contributed by atoms with van der Waals surface area (Å²) in [4.78, 5) is 3.02. The van der Waals surface area contributed by atoms with Crippen molar-refractivity contribution in [2.75, 3.05) is 7.11 Å². The third-order valence-corrected chi connectivity index (χ3v) is 1.67. The Morgan fingerprint density at radius 2 is 2.45 bits per heavy atom. The number of halogens is 1. The molecule has 0 saturated carbocycles. The third kappa shape index (κ3) is 1.70. The van der Waals surface area contributed by atoms with Gasteiger partial charge < -0.3 is 10.3 Å². The summed E-state index contributed by atoms with van der Waals surface area (Å²) in [6.07, 6.45) is 3.88. The van der Waals surface area contributed by atoms with Crippen LogP contribution in [0.3, 0.4) is 0 Å². The third-order valence-electron chi connectivity index (χ3n) is 1.37. The molecule has 58 valence electrons. The predicted molar refractivity (Wildman–Crippen MR) is 42.3 cm³/mol. The molecular weight excluding hydrogens is 164 g/mol. The van der Waals surface area contributed by atoms with E-state index in [1.54, 1.807) is 19.3 Å². The summed E-state index contributed by atoms with van der Waals surface area (Å²) in [6, 6.07) is 0. The van der Waals surface area contributed by atoms with Gasteiger partial charge in [0, 0.05) is 6.08 Å². The largest absolute Gasteiger partial charge is 0.496 e. The molecule has 0 spiro atoms. The second-order valence-corrected chi connectivity index (χ2v) is 2.47. The van der Waals surface area contributed by atoms with Crippen LogP contribution in [0.25, 0.3) is 5.53 Å². The van der Waals surface area contributed by atoms with Crippen LogP contribution in [-0.4, -0.2) is 17.6 Å². The fourth-order valence-corrected chi connectivity index (χ4v) is 1.10. The molecule has 0 saturated heterocycles. The lowest BCUT2D eigenvalue weighted by Crippen LogP contribution is -2.02. The maximum atomic E-state index is 8.38. The van der Waals surface area contributed by atoms with E-state index in [2.05, 4.69) is 4.79 Å². The number of hydrogen-bond acceptors (Lipinski definition) is 1. The lowest BCUT2D eigenvalue weighted by Gasteiger charge is -2.05. The number of allylic oxidation sites excluding steroid dienone is 3. The van der Waals surface area contributed by atoms with Gasteiger partial charge in [0.2, 0.25) is 0 Å². The van der Waals surface area contributed by atoms with Gasteiger partial charge in [0.05, 0.1) is 18.6 Å². The van der Waals surface area contributed by atoms with Crippen molar-refractivity contribution in [3.05, 3.63) is 28.5 Å². The Kier molecular flexibility index (Phi) is 2.47. The average molecular weight is 171 g/mol. The Bertz CT molecular complexity index is 274. The first-order valence-corrected chi connectivity index (χ1v) is 3.48. The molecule has 1 aliphatic carbocycles. The summed E-state index contributed by atoms with van der Waals surface area (Å²) in [5, 5.41) is 0.464. The molecule has 4 heteroatoms. The van der Waals surface area contributed by atoms with Gasteiger partial charge in [-0.25, -0.2) is 0 Å². The van der Waals surface area contributed by atoms with E-state index in [9.17, 15) is 0 Å². The average Bonchev–Trinajstić information content (AvgIpc) is 2.04. The van der Waals surface area contributed by atoms with Crippen LogP contribution in [0.5, 0.6) is 0 Å². The molecule has 0 bridgehead atoms. The van der Waals surface area contributed by atoms with Crippen LogP contribution >= 0.6 is 11.6 Å². The number of rotatable bonds is 1. The first-order valence-electron chi connectivity index (χ1n) is 3.10. The molecule has 3 nitrogen and oxygen atoms in total. The van der Waals surface area contributed by atoms with E-state index >= 15 is 0 Å². The van der Waals surface area contributed by atoms with Crippen molar-refractivity contribution in [2.24, 2.45) is 0 Å². The van der Waals surface area contributed by atoms with Crippen molar-refractivity contribution in [3.63, 3.8) is 0 Å². The van der Waals surface area contributed by atoms with Crippen molar-refractivity contribution in [1.82, 2.24) is 0 Å². The van der Waals surface area contributed by atoms with Gasteiger partial charge in [0.1, 0.15) is 5.76 Å². The molecular formula is C7H7ClN2O. The summed E-state index contributed by atoms with van der Waals surface area (Å²) in [6.45, 7) is 0. The van der Waals surface area contributed by atoms with Crippen LogP contribution < -0.4 is 0 Å². The monoisotopic (exact) mass is 170 g/mol. The Hall–Kier alpha value is -1.05. The van der Waals surface area contributed by atoms with Crippen molar-refractivity contribution < 1.29 is 9.53 Å². The molecule has 0 atom stereocenters. The zero-order valence-electron chi connectivity index (χ0n) is 6.04. The normalized spacial score (nSPS) is 16.7. The van der Waals surface area contributed by atoms with Gasteiger partial charge in [0.15, 0.2) is 0 Å². The molecule has 0 aromatic rings. The molecule has 0 amide bonds. The highest BCUT2D eigenvalue weighted by Gasteiger charge is 2.14. The molecule has 1 rings (SSSR count). The number of ether oxygens (including phenoxy) is 1. The van der Waals surface area contributed by atoms with Gasteiger partial charge >= 0.3 is 0 Å². The van der Waals surface area contributed by atoms with E-state index in [-0.39, 0.29) is 0 Å². The second-order valence-electron chi connectivity index (χ2n) is 2.06. The van der Waals surface area contributed by atoms with Gasteiger partial charge in [-0.15, -0.1) is 0 Å². The number of hydrogen-bond donors (Lipinski definition) is 0. The maximum absolute atomic E-state index is 8.38. The van der Waals surface area contributed by atoms with Crippen molar-refractivity contribution in [1.29, 1.82) is 0 Å². The molecule has 0 fully saturated rings. The summed E-state index contributed by atoms with van der Waals surface area (Å²) in [5.41, 5.74) is 8.92. The van der Waals surface area contributed by atoms with Crippen molar-refractivity contribution in [3.8, 4) is 0 Å². The van der Waals surface area contributed by atoms with Crippen molar-refractivity contribution >= 4 is 17.3 Å². The van der Waals surface area contributed by atoms with Gasteiger partial charge in [-0.3, -0.25) is 0 Å². The molecule has 0 aromatic carbocycles. The summed E-state index contributed by atoms with van der Waals surface area (Å²) in [7, 11) is 1.54. The number of methoxy groups -OCH3 is 1. The predicted octanol–water partition coefficient (Wildman–Crippen LogP) is 1.71.